The number of thiophene rings is 3. The van der Waals surface area contributed by atoms with Crippen LogP contribution in [-0.2, 0) is 0 Å². The maximum absolute atomic E-state index is 2.38. The normalized spacial score (nSPS) is 12.0. The first-order valence-electron chi connectivity index (χ1n) is 11.7. The molecule has 3 heterocycles. The lowest BCUT2D eigenvalue weighted by molar-refractivity contribution is 1.62. The van der Waals surface area contributed by atoms with Crippen LogP contribution >= 0.6 is 34.0 Å². The fraction of sp³-hybridized carbons (Fsp3) is 0. The monoisotopic (exact) mass is 498 g/mol. The molecular formula is C32H18S3. The van der Waals surface area contributed by atoms with Crippen molar-refractivity contribution in [1.82, 2.24) is 0 Å². The van der Waals surface area contributed by atoms with Gasteiger partial charge in [-0.2, -0.15) is 0 Å². The van der Waals surface area contributed by atoms with Crippen LogP contribution in [-0.4, -0.2) is 0 Å². The van der Waals surface area contributed by atoms with E-state index in [9.17, 15) is 0 Å². The van der Waals surface area contributed by atoms with Gasteiger partial charge in [0, 0.05) is 39.8 Å². The Balaban J connectivity index is 1.33. The third-order valence-electron chi connectivity index (χ3n) is 6.92. The summed E-state index contributed by atoms with van der Waals surface area (Å²) in [5.41, 5.74) is 3.81. The Labute approximate surface area is 214 Å². The molecule has 3 heteroatoms. The average molecular weight is 499 g/mol. The molecule has 0 unspecified atom stereocenters. The van der Waals surface area contributed by atoms with Crippen LogP contribution in [0.3, 0.4) is 0 Å². The summed E-state index contributed by atoms with van der Waals surface area (Å²) >= 11 is 5.74. The fourth-order valence-electron chi connectivity index (χ4n) is 5.27. The average Bonchev–Trinajstić information content (AvgIpc) is 3.59. The lowest BCUT2D eigenvalue weighted by Crippen LogP contribution is -1.77. The van der Waals surface area contributed by atoms with E-state index in [4.69, 9.17) is 0 Å². The molecular weight excluding hydrogens is 481 g/mol. The Kier molecular flexibility index (Phi) is 4.23. The zero-order chi connectivity index (χ0) is 22.9. The van der Waals surface area contributed by atoms with Gasteiger partial charge in [-0.15, -0.1) is 34.0 Å². The van der Waals surface area contributed by atoms with Crippen molar-refractivity contribution in [2.24, 2.45) is 0 Å². The van der Waals surface area contributed by atoms with Crippen molar-refractivity contribution in [1.29, 1.82) is 0 Å². The first-order chi connectivity index (χ1) is 17.3. The van der Waals surface area contributed by atoms with Crippen molar-refractivity contribution < 1.29 is 0 Å². The van der Waals surface area contributed by atoms with E-state index in [1.54, 1.807) is 0 Å². The topological polar surface area (TPSA) is 0 Å². The second-order valence-electron chi connectivity index (χ2n) is 8.92. The molecule has 0 radical (unpaired) electrons. The van der Waals surface area contributed by atoms with Gasteiger partial charge in [0.15, 0.2) is 0 Å². The van der Waals surface area contributed by atoms with Gasteiger partial charge in [-0.3, -0.25) is 0 Å². The van der Waals surface area contributed by atoms with Crippen LogP contribution in [0, 0.1) is 0 Å². The van der Waals surface area contributed by atoms with Gasteiger partial charge in [-0.1, -0.05) is 84.9 Å². The summed E-state index contributed by atoms with van der Waals surface area (Å²) in [6.07, 6.45) is 0. The van der Waals surface area contributed by atoms with Crippen molar-refractivity contribution in [2.45, 2.75) is 0 Å². The van der Waals surface area contributed by atoms with E-state index in [1.807, 2.05) is 34.0 Å². The Morgan fingerprint density at radius 1 is 0.371 bits per heavy atom. The fourth-order valence-corrected chi connectivity index (χ4v) is 8.97. The standard InChI is InChI=1S/C32H18S3/c1-2-6-19(7-3-1)20-10-12-21(13-11-20)28-18-29-32(35-28)31-23-15-16-26-30(22(23)14-17-27(31)34-29)24-8-4-5-9-25(24)33-26/h1-18H. The molecule has 0 aliphatic rings. The molecule has 164 valence electrons. The highest BCUT2D eigenvalue weighted by Crippen LogP contribution is 2.47. The predicted molar refractivity (Wildman–Crippen MR) is 158 cm³/mol. The van der Waals surface area contributed by atoms with Crippen molar-refractivity contribution >= 4 is 84.4 Å². The molecule has 0 aliphatic heterocycles. The number of hydrogen-bond acceptors (Lipinski definition) is 3. The van der Waals surface area contributed by atoms with Crippen molar-refractivity contribution in [3.63, 3.8) is 0 Å². The summed E-state index contributed by atoms with van der Waals surface area (Å²) in [7, 11) is 0. The second kappa shape index (κ2) is 7.50. The molecule has 3 aromatic heterocycles. The van der Waals surface area contributed by atoms with Crippen LogP contribution < -0.4 is 0 Å². The smallest absolute Gasteiger partial charge is 0.0542 e. The van der Waals surface area contributed by atoms with Gasteiger partial charge in [0.25, 0.3) is 0 Å². The van der Waals surface area contributed by atoms with Gasteiger partial charge >= 0.3 is 0 Å². The summed E-state index contributed by atoms with van der Waals surface area (Å²) < 4.78 is 6.91. The highest BCUT2D eigenvalue weighted by atomic mass is 32.1. The molecule has 0 amide bonds. The number of hydrogen-bond donors (Lipinski definition) is 0. The van der Waals surface area contributed by atoms with Crippen LogP contribution in [0.2, 0.25) is 0 Å². The van der Waals surface area contributed by atoms with Crippen LogP contribution in [0.25, 0.3) is 72.0 Å². The van der Waals surface area contributed by atoms with Crippen LogP contribution in [0.4, 0.5) is 0 Å². The SMILES string of the molecule is c1ccc(-c2ccc(-c3cc4sc5ccc6c(ccc7sc8ccccc8c76)c5c4s3)cc2)cc1. The highest BCUT2D eigenvalue weighted by Gasteiger charge is 2.16. The van der Waals surface area contributed by atoms with E-state index < -0.39 is 0 Å². The van der Waals surface area contributed by atoms with E-state index in [2.05, 4.69) is 109 Å². The molecule has 8 aromatic rings. The second-order valence-corrected chi connectivity index (χ2v) is 12.1. The number of benzene rings is 5. The van der Waals surface area contributed by atoms with Gasteiger partial charge in [-0.05, 0) is 51.7 Å². The predicted octanol–water partition coefficient (Wildman–Crippen LogP) is 11.0. The Hall–Kier alpha value is -3.50. The van der Waals surface area contributed by atoms with Gasteiger partial charge in [0.1, 0.15) is 0 Å². The minimum absolute atomic E-state index is 1.26. The molecule has 0 saturated carbocycles. The number of fused-ring (bicyclic) bond motifs is 9. The van der Waals surface area contributed by atoms with Crippen molar-refractivity contribution in [3.05, 3.63) is 109 Å². The van der Waals surface area contributed by atoms with E-state index >= 15 is 0 Å². The van der Waals surface area contributed by atoms with Crippen LogP contribution in [0.5, 0.6) is 0 Å². The minimum Gasteiger partial charge on any atom is -0.135 e. The molecule has 0 fully saturated rings. The van der Waals surface area contributed by atoms with E-state index in [0.717, 1.165) is 0 Å². The summed E-state index contributed by atoms with van der Waals surface area (Å²) in [4.78, 5) is 1.34. The summed E-state index contributed by atoms with van der Waals surface area (Å²) in [6.45, 7) is 0. The van der Waals surface area contributed by atoms with E-state index in [1.165, 1.54) is 72.0 Å². The lowest BCUT2D eigenvalue weighted by Gasteiger charge is -2.04. The molecule has 0 spiro atoms. The Morgan fingerprint density at radius 3 is 1.83 bits per heavy atom. The van der Waals surface area contributed by atoms with Crippen molar-refractivity contribution in [2.75, 3.05) is 0 Å². The molecule has 0 atom stereocenters. The minimum atomic E-state index is 1.26. The zero-order valence-corrected chi connectivity index (χ0v) is 21.1. The summed E-state index contributed by atoms with van der Waals surface area (Å²) in [5, 5.41) is 6.93. The van der Waals surface area contributed by atoms with Crippen LogP contribution in [0.1, 0.15) is 0 Å². The third kappa shape index (κ3) is 2.96. The molecule has 5 aromatic carbocycles. The zero-order valence-electron chi connectivity index (χ0n) is 18.6. The largest absolute Gasteiger partial charge is 0.135 e. The van der Waals surface area contributed by atoms with Gasteiger partial charge in [0.2, 0.25) is 0 Å². The van der Waals surface area contributed by atoms with Crippen molar-refractivity contribution in [3.8, 4) is 21.6 Å². The molecule has 0 nitrogen and oxygen atoms in total. The molecule has 0 aliphatic carbocycles. The van der Waals surface area contributed by atoms with E-state index in [0.29, 0.717) is 0 Å². The molecule has 35 heavy (non-hydrogen) atoms. The van der Waals surface area contributed by atoms with Gasteiger partial charge in [-0.25, -0.2) is 0 Å². The Morgan fingerprint density at radius 2 is 1.00 bits per heavy atom. The third-order valence-corrected chi connectivity index (χ3v) is 10.5. The summed E-state index contributed by atoms with van der Waals surface area (Å²) in [5.74, 6) is 0. The molecule has 8 rings (SSSR count). The number of rotatable bonds is 2. The highest BCUT2D eigenvalue weighted by molar-refractivity contribution is 7.34. The maximum atomic E-state index is 2.38. The molecule has 0 saturated heterocycles. The van der Waals surface area contributed by atoms with Gasteiger partial charge < -0.3 is 0 Å². The lowest BCUT2D eigenvalue weighted by atomic mass is 10.0. The Bertz CT molecular complexity index is 2030. The maximum Gasteiger partial charge on any atom is 0.0542 e. The molecule has 0 N–H and O–H groups in total. The van der Waals surface area contributed by atoms with Crippen LogP contribution in [0.15, 0.2) is 109 Å². The molecule has 0 bridgehead atoms. The van der Waals surface area contributed by atoms with Gasteiger partial charge in [0.05, 0.1) is 4.70 Å². The first kappa shape index (κ1) is 19.8. The first-order valence-corrected chi connectivity index (χ1v) is 14.1. The quantitative estimate of drug-likeness (QED) is 0.222. The summed E-state index contributed by atoms with van der Waals surface area (Å²) in [6, 6.07) is 40.1. The van der Waals surface area contributed by atoms with E-state index in [-0.39, 0.29) is 0 Å².